The summed E-state index contributed by atoms with van der Waals surface area (Å²) in [6.07, 6.45) is 2.13. The molecule has 0 aliphatic rings. The van der Waals surface area contributed by atoms with Gasteiger partial charge in [0.2, 0.25) is 0 Å². The molecular formula is C9H14N2O3S2. The Morgan fingerprint density at radius 1 is 1.44 bits per heavy atom. The van der Waals surface area contributed by atoms with E-state index in [1.54, 1.807) is 6.20 Å². The summed E-state index contributed by atoms with van der Waals surface area (Å²) in [5.74, 6) is 0.354. The van der Waals surface area contributed by atoms with Crippen LogP contribution in [0.2, 0.25) is 0 Å². The second kappa shape index (κ2) is 5.60. The van der Waals surface area contributed by atoms with E-state index in [1.165, 1.54) is 11.8 Å². The Morgan fingerprint density at radius 2 is 2.12 bits per heavy atom. The molecule has 1 aromatic rings. The molecule has 0 amide bonds. The zero-order valence-corrected chi connectivity index (χ0v) is 10.8. The normalized spacial score (nSPS) is 11.7. The average molecular weight is 262 g/mol. The van der Waals surface area contributed by atoms with Crippen molar-refractivity contribution in [1.82, 2.24) is 9.97 Å². The minimum Gasteiger partial charge on any atom is -0.286 e. The van der Waals surface area contributed by atoms with E-state index >= 15 is 0 Å². The zero-order chi connectivity index (χ0) is 12.2. The molecule has 0 aliphatic heterocycles. The van der Waals surface area contributed by atoms with Gasteiger partial charge in [0.25, 0.3) is 10.1 Å². The monoisotopic (exact) mass is 262 g/mol. The van der Waals surface area contributed by atoms with Crippen LogP contribution in [0, 0.1) is 13.8 Å². The highest BCUT2D eigenvalue weighted by molar-refractivity contribution is 7.99. The summed E-state index contributed by atoms with van der Waals surface area (Å²) in [5, 5.41) is 0.637. The van der Waals surface area contributed by atoms with Crippen molar-refractivity contribution in [1.29, 1.82) is 0 Å². The van der Waals surface area contributed by atoms with E-state index in [4.69, 9.17) is 4.55 Å². The molecule has 7 heteroatoms. The van der Waals surface area contributed by atoms with E-state index in [1.807, 2.05) is 13.8 Å². The minimum absolute atomic E-state index is 0.217. The highest BCUT2D eigenvalue weighted by atomic mass is 32.2. The molecule has 0 radical (unpaired) electrons. The van der Waals surface area contributed by atoms with Gasteiger partial charge in [-0.2, -0.15) is 8.42 Å². The predicted molar refractivity (Wildman–Crippen MR) is 63.3 cm³/mol. The van der Waals surface area contributed by atoms with Crippen LogP contribution in [0.1, 0.15) is 17.7 Å². The highest BCUT2D eigenvalue weighted by Crippen LogP contribution is 2.15. The molecule has 0 bridgehead atoms. The van der Waals surface area contributed by atoms with E-state index in [9.17, 15) is 8.42 Å². The molecular weight excluding hydrogens is 248 g/mol. The van der Waals surface area contributed by atoms with Crippen LogP contribution >= 0.6 is 11.8 Å². The van der Waals surface area contributed by atoms with Crippen LogP contribution in [-0.4, -0.2) is 34.4 Å². The van der Waals surface area contributed by atoms with Crippen molar-refractivity contribution in [2.75, 3.05) is 11.5 Å². The molecule has 1 rings (SSSR count). The molecule has 0 fully saturated rings. The zero-order valence-electron chi connectivity index (χ0n) is 9.17. The Bertz CT molecular complexity index is 460. The minimum atomic E-state index is -3.85. The number of hydrogen-bond acceptors (Lipinski definition) is 5. The molecule has 1 heterocycles. The average Bonchev–Trinajstić information content (AvgIpc) is 2.17. The first kappa shape index (κ1) is 13.4. The molecule has 0 atom stereocenters. The van der Waals surface area contributed by atoms with Gasteiger partial charge in [-0.25, -0.2) is 9.97 Å². The third-order valence-electron chi connectivity index (χ3n) is 1.98. The van der Waals surface area contributed by atoms with Crippen molar-refractivity contribution in [2.45, 2.75) is 25.4 Å². The molecule has 0 saturated heterocycles. The van der Waals surface area contributed by atoms with Crippen LogP contribution in [0.15, 0.2) is 11.4 Å². The maximum atomic E-state index is 10.5. The van der Waals surface area contributed by atoms with E-state index in [-0.39, 0.29) is 5.75 Å². The molecule has 16 heavy (non-hydrogen) atoms. The Balaban J connectivity index is 2.41. The van der Waals surface area contributed by atoms with Crippen molar-refractivity contribution in [3.8, 4) is 0 Å². The number of aromatic nitrogens is 2. The molecule has 1 aromatic heterocycles. The number of hydrogen-bond donors (Lipinski definition) is 1. The van der Waals surface area contributed by atoms with Gasteiger partial charge in [0, 0.05) is 17.6 Å². The number of thioether (sulfide) groups is 1. The van der Waals surface area contributed by atoms with E-state index < -0.39 is 10.1 Å². The van der Waals surface area contributed by atoms with Gasteiger partial charge in [-0.15, -0.1) is 0 Å². The van der Waals surface area contributed by atoms with E-state index in [0.29, 0.717) is 17.3 Å². The first-order valence-electron chi connectivity index (χ1n) is 4.77. The molecule has 0 saturated carbocycles. The first-order chi connectivity index (χ1) is 7.38. The fourth-order valence-electron chi connectivity index (χ4n) is 0.980. The highest BCUT2D eigenvalue weighted by Gasteiger charge is 2.05. The maximum absolute atomic E-state index is 10.5. The number of nitrogens with zero attached hydrogens (tertiary/aromatic N) is 2. The smallest absolute Gasteiger partial charge is 0.264 e. The Morgan fingerprint density at radius 3 is 2.69 bits per heavy atom. The Labute approximate surface area is 99.4 Å². The van der Waals surface area contributed by atoms with E-state index in [0.717, 1.165) is 11.3 Å². The van der Waals surface area contributed by atoms with Gasteiger partial charge in [-0.05, 0) is 25.8 Å². The van der Waals surface area contributed by atoms with Gasteiger partial charge in [-0.3, -0.25) is 4.55 Å². The van der Waals surface area contributed by atoms with Gasteiger partial charge in [0.1, 0.15) is 0 Å². The lowest BCUT2D eigenvalue weighted by Gasteiger charge is -2.02. The van der Waals surface area contributed by atoms with Crippen LogP contribution in [0.3, 0.4) is 0 Å². The standard InChI is InChI=1S/C9H14N2O3S2/c1-7-6-10-9(11-8(7)2)15-4-3-5-16(12,13)14/h6H,3-5H2,1-2H3,(H,12,13,14). The van der Waals surface area contributed by atoms with Gasteiger partial charge in [0.05, 0.1) is 5.75 Å². The fourth-order valence-corrected chi connectivity index (χ4v) is 2.47. The Hall–Kier alpha value is -0.660. The SMILES string of the molecule is Cc1cnc(SCCCS(=O)(=O)O)nc1C. The Kier molecular flexibility index (Phi) is 4.69. The lowest BCUT2D eigenvalue weighted by atomic mass is 10.3. The van der Waals surface area contributed by atoms with Gasteiger partial charge in [-0.1, -0.05) is 11.8 Å². The summed E-state index contributed by atoms with van der Waals surface area (Å²) < 4.78 is 29.4. The molecule has 5 nitrogen and oxygen atoms in total. The van der Waals surface area contributed by atoms with Gasteiger partial charge < -0.3 is 0 Å². The summed E-state index contributed by atoms with van der Waals surface area (Å²) in [6, 6.07) is 0. The lowest BCUT2D eigenvalue weighted by Crippen LogP contribution is -2.04. The van der Waals surface area contributed by atoms with Crippen LogP contribution in [-0.2, 0) is 10.1 Å². The van der Waals surface area contributed by atoms with Crippen LogP contribution in [0.25, 0.3) is 0 Å². The van der Waals surface area contributed by atoms with Crippen molar-refractivity contribution in [3.05, 3.63) is 17.5 Å². The summed E-state index contributed by atoms with van der Waals surface area (Å²) in [6.45, 7) is 3.83. The molecule has 0 aromatic carbocycles. The van der Waals surface area contributed by atoms with Crippen molar-refractivity contribution < 1.29 is 13.0 Å². The van der Waals surface area contributed by atoms with Gasteiger partial charge in [0.15, 0.2) is 5.16 Å². The quantitative estimate of drug-likeness (QED) is 0.374. The predicted octanol–water partition coefficient (Wildman–Crippen LogP) is 1.46. The molecule has 90 valence electrons. The molecule has 0 unspecified atom stereocenters. The number of rotatable bonds is 5. The van der Waals surface area contributed by atoms with Crippen molar-refractivity contribution in [3.63, 3.8) is 0 Å². The van der Waals surface area contributed by atoms with E-state index in [2.05, 4.69) is 9.97 Å². The summed E-state index contributed by atoms with van der Waals surface area (Å²) >= 11 is 1.39. The van der Waals surface area contributed by atoms with Crippen molar-refractivity contribution in [2.24, 2.45) is 0 Å². The topological polar surface area (TPSA) is 80.2 Å². The fraction of sp³-hybridized carbons (Fsp3) is 0.556. The second-order valence-electron chi connectivity index (χ2n) is 3.41. The third-order valence-corrected chi connectivity index (χ3v) is 3.73. The molecule has 0 aliphatic carbocycles. The second-order valence-corrected chi connectivity index (χ2v) is 6.04. The molecule has 0 spiro atoms. The number of aryl methyl sites for hydroxylation is 2. The largest absolute Gasteiger partial charge is 0.286 e. The van der Waals surface area contributed by atoms with Crippen molar-refractivity contribution >= 4 is 21.9 Å². The van der Waals surface area contributed by atoms with Crippen LogP contribution in [0.5, 0.6) is 0 Å². The summed E-state index contributed by atoms with van der Waals surface area (Å²) in [5.41, 5.74) is 1.95. The maximum Gasteiger partial charge on any atom is 0.264 e. The first-order valence-corrected chi connectivity index (χ1v) is 7.36. The summed E-state index contributed by atoms with van der Waals surface area (Å²) in [4.78, 5) is 8.36. The van der Waals surface area contributed by atoms with Crippen LogP contribution in [0.4, 0.5) is 0 Å². The third kappa shape index (κ3) is 4.91. The molecule has 1 N–H and O–H groups in total. The van der Waals surface area contributed by atoms with Gasteiger partial charge >= 0.3 is 0 Å². The van der Waals surface area contributed by atoms with Crippen LogP contribution < -0.4 is 0 Å². The summed E-state index contributed by atoms with van der Waals surface area (Å²) in [7, 11) is -3.85. The lowest BCUT2D eigenvalue weighted by molar-refractivity contribution is 0.482.